The molecule has 0 spiro atoms. The molecule has 0 bridgehead atoms. The van der Waals surface area contributed by atoms with Crippen LogP contribution in [0, 0.1) is 5.92 Å². The lowest BCUT2D eigenvalue weighted by atomic mass is 10.0. The van der Waals surface area contributed by atoms with E-state index in [0.717, 1.165) is 6.42 Å². The van der Waals surface area contributed by atoms with Crippen molar-refractivity contribution in [2.75, 3.05) is 0 Å². The molecule has 0 heterocycles. The predicted molar refractivity (Wildman–Crippen MR) is 66.9 cm³/mol. The number of carbonyl (C=O) groups excluding carboxylic acids is 1. The zero-order chi connectivity index (χ0) is 13.4. The van der Waals surface area contributed by atoms with Crippen LogP contribution in [0.4, 0.5) is 4.79 Å². The van der Waals surface area contributed by atoms with E-state index in [9.17, 15) is 9.59 Å². The molecule has 0 saturated heterocycles. The summed E-state index contributed by atoms with van der Waals surface area (Å²) in [5.41, 5.74) is 0. The van der Waals surface area contributed by atoms with Gasteiger partial charge < -0.3 is 15.7 Å². The van der Waals surface area contributed by atoms with Crippen LogP contribution in [0.15, 0.2) is 0 Å². The zero-order valence-electron chi connectivity index (χ0n) is 11.1. The first-order chi connectivity index (χ1) is 7.86. The average molecular weight is 244 g/mol. The summed E-state index contributed by atoms with van der Waals surface area (Å²) in [4.78, 5) is 22.0. The summed E-state index contributed by atoms with van der Waals surface area (Å²) in [7, 11) is 0. The maximum absolute atomic E-state index is 11.6. The molecule has 0 fully saturated rings. The summed E-state index contributed by atoms with van der Waals surface area (Å²) in [6, 6.07) is -0.194. The summed E-state index contributed by atoms with van der Waals surface area (Å²) in [5.74, 6) is -0.451. The van der Waals surface area contributed by atoms with Crippen molar-refractivity contribution in [2.24, 2.45) is 5.92 Å². The molecule has 0 aromatic rings. The highest BCUT2D eigenvalue weighted by Gasteiger charge is 2.15. The van der Waals surface area contributed by atoms with Gasteiger partial charge in [-0.1, -0.05) is 20.8 Å². The molecule has 5 nitrogen and oxygen atoms in total. The van der Waals surface area contributed by atoms with Crippen molar-refractivity contribution in [3.05, 3.63) is 0 Å². The Balaban J connectivity index is 3.95. The lowest BCUT2D eigenvalue weighted by molar-refractivity contribution is -0.137. The lowest BCUT2D eigenvalue weighted by Gasteiger charge is -2.22. The van der Waals surface area contributed by atoms with Crippen LogP contribution in [0.25, 0.3) is 0 Å². The molecule has 100 valence electrons. The number of carboxylic acid groups (broad SMARTS) is 1. The standard InChI is InChI=1S/C12H24N2O3/c1-5-10(8(2)3)14-12(17)13-9(4)6-7-11(15)16/h8-10H,5-7H2,1-4H3,(H,15,16)(H2,13,14,17). The molecule has 2 atom stereocenters. The van der Waals surface area contributed by atoms with Crippen LogP contribution >= 0.6 is 0 Å². The van der Waals surface area contributed by atoms with Crippen LogP contribution < -0.4 is 10.6 Å². The molecule has 0 saturated carbocycles. The van der Waals surface area contributed by atoms with Crippen molar-refractivity contribution in [3.63, 3.8) is 0 Å². The van der Waals surface area contributed by atoms with Gasteiger partial charge in [-0.25, -0.2) is 4.79 Å². The lowest BCUT2D eigenvalue weighted by Crippen LogP contribution is -2.47. The molecule has 17 heavy (non-hydrogen) atoms. The third-order valence-corrected chi connectivity index (χ3v) is 2.73. The van der Waals surface area contributed by atoms with Crippen molar-refractivity contribution < 1.29 is 14.7 Å². The maximum atomic E-state index is 11.6. The summed E-state index contributed by atoms with van der Waals surface area (Å²) in [5, 5.41) is 14.2. The van der Waals surface area contributed by atoms with Gasteiger partial charge in [0.15, 0.2) is 0 Å². The van der Waals surface area contributed by atoms with E-state index in [0.29, 0.717) is 12.3 Å². The minimum atomic E-state index is -0.840. The Morgan fingerprint density at radius 1 is 1.18 bits per heavy atom. The monoisotopic (exact) mass is 244 g/mol. The van der Waals surface area contributed by atoms with E-state index in [1.165, 1.54) is 0 Å². The predicted octanol–water partition coefficient (Wildman–Crippen LogP) is 1.97. The number of carboxylic acids is 1. The third-order valence-electron chi connectivity index (χ3n) is 2.73. The fourth-order valence-electron chi connectivity index (χ4n) is 1.59. The van der Waals surface area contributed by atoms with Crippen LogP contribution in [0.3, 0.4) is 0 Å². The molecule has 2 unspecified atom stereocenters. The Morgan fingerprint density at radius 3 is 2.18 bits per heavy atom. The quantitative estimate of drug-likeness (QED) is 0.640. The van der Waals surface area contributed by atoms with Gasteiger partial charge in [0.05, 0.1) is 0 Å². The highest BCUT2D eigenvalue weighted by atomic mass is 16.4. The number of carbonyl (C=O) groups is 2. The fourth-order valence-corrected chi connectivity index (χ4v) is 1.59. The minimum absolute atomic E-state index is 0.0723. The highest BCUT2D eigenvalue weighted by molar-refractivity contribution is 5.74. The molecule has 0 rings (SSSR count). The Morgan fingerprint density at radius 2 is 1.76 bits per heavy atom. The van der Waals surface area contributed by atoms with E-state index in [4.69, 9.17) is 5.11 Å². The van der Waals surface area contributed by atoms with E-state index >= 15 is 0 Å². The van der Waals surface area contributed by atoms with Gasteiger partial charge in [-0.05, 0) is 25.7 Å². The fraction of sp³-hybridized carbons (Fsp3) is 0.833. The van der Waals surface area contributed by atoms with E-state index in [-0.39, 0.29) is 24.5 Å². The van der Waals surface area contributed by atoms with Crippen molar-refractivity contribution in [3.8, 4) is 0 Å². The summed E-state index contributed by atoms with van der Waals surface area (Å²) in [6.07, 6.45) is 1.40. The van der Waals surface area contributed by atoms with Gasteiger partial charge in [-0.15, -0.1) is 0 Å². The van der Waals surface area contributed by atoms with Crippen LogP contribution in [0.1, 0.15) is 47.0 Å². The van der Waals surface area contributed by atoms with Crippen molar-refractivity contribution in [2.45, 2.75) is 59.0 Å². The molecule has 5 heteroatoms. The molecular formula is C12H24N2O3. The zero-order valence-corrected chi connectivity index (χ0v) is 11.1. The van der Waals surface area contributed by atoms with Gasteiger partial charge in [0.1, 0.15) is 0 Å². The number of nitrogens with one attached hydrogen (secondary N) is 2. The van der Waals surface area contributed by atoms with Crippen molar-refractivity contribution >= 4 is 12.0 Å². The first kappa shape index (κ1) is 15.7. The Kier molecular flexibility index (Phi) is 7.34. The third kappa shape index (κ3) is 7.60. The molecule has 0 aliphatic rings. The number of hydrogen-bond donors (Lipinski definition) is 3. The maximum Gasteiger partial charge on any atom is 0.315 e. The van der Waals surface area contributed by atoms with Crippen LogP contribution in [0.2, 0.25) is 0 Å². The van der Waals surface area contributed by atoms with Gasteiger partial charge in [0.2, 0.25) is 0 Å². The molecule has 0 radical (unpaired) electrons. The molecule has 3 N–H and O–H groups in total. The number of amides is 2. The highest BCUT2D eigenvalue weighted by Crippen LogP contribution is 2.05. The number of aliphatic carboxylic acids is 1. The molecule has 0 aromatic carbocycles. The number of hydrogen-bond acceptors (Lipinski definition) is 2. The summed E-state index contributed by atoms with van der Waals surface area (Å²) in [6.45, 7) is 7.95. The number of urea groups is 1. The minimum Gasteiger partial charge on any atom is -0.481 e. The first-order valence-electron chi connectivity index (χ1n) is 6.15. The molecule has 0 aromatic heterocycles. The van der Waals surface area contributed by atoms with E-state index in [1.807, 2.05) is 6.92 Å². The van der Waals surface area contributed by atoms with Crippen LogP contribution in [-0.2, 0) is 4.79 Å². The average Bonchev–Trinajstić information content (AvgIpc) is 2.22. The second-order valence-electron chi connectivity index (χ2n) is 4.71. The van der Waals surface area contributed by atoms with Gasteiger partial charge in [-0.2, -0.15) is 0 Å². The van der Waals surface area contributed by atoms with Crippen LogP contribution in [0.5, 0.6) is 0 Å². The van der Waals surface area contributed by atoms with Crippen molar-refractivity contribution in [1.29, 1.82) is 0 Å². The summed E-state index contributed by atoms with van der Waals surface area (Å²) >= 11 is 0. The second kappa shape index (κ2) is 7.92. The number of rotatable bonds is 7. The molecule has 0 aliphatic heterocycles. The van der Waals surface area contributed by atoms with E-state index < -0.39 is 5.97 Å². The normalized spacial score (nSPS) is 14.2. The largest absolute Gasteiger partial charge is 0.481 e. The molecular weight excluding hydrogens is 220 g/mol. The van der Waals surface area contributed by atoms with Crippen molar-refractivity contribution in [1.82, 2.24) is 10.6 Å². The molecule has 2 amide bonds. The van der Waals surface area contributed by atoms with Gasteiger partial charge >= 0.3 is 12.0 Å². The second-order valence-corrected chi connectivity index (χ2v) is 4.71. The topological polar surface area (TPSA) is 78.4 Å². The Labute approximate surface area is 103 Å². The Bertz CT molecular complexity index is 254. The van der Waals surface area contributed by atoms with Gasteiger partial charge in [-0.3, -0.25) is 4.79 Å². The van der Waals surface area contributed by atoms with Gasteiger partial charge in [0, 0.05) is 18.5 Å². The first-order valence-corrected chi connectivity index (χ1v) is 6.15. The Hall–Kier alpha value is -1.26. The SMILES string of the molecule is CCC(NC(=O)NC(C)CCC(=O)O)C(C)C. The van der Waals surface area contributed by atoms with E-state index in [1.54, 1.807) is 6.92 Å². The smallest absolute Gasteiger partial charge is 0.315 e. The summed E-state index contributed by atoms with van der Waals surface area (Å²) < 4.78 is 0. The van der Waals surface area contributed by atoms with Crippen LogP contribution in [-0.4, -0.2) is 29.2 Å². The molecule has 0 aliphatic carbocycles. The van der Waals surface area contributed by atoms with E-state index in [2.05, 4.69) is 24.5 Å². The van der Waals surface area contributed by atoms with Gasteiger partial charge in [0.25, 0.3) is 0 Å².